The molecule has 2 aliphatic carbocycles. The van der Waals surface area contributed by atoms with Crippen molar-refractivity contribution in [2.75, 3.05) is 7.11 Å². The molecule has 0 radical (unpaired) electrons. The zero-order valence-electron chi connectivity index (χ0n) is 13.4. The predicted octanol–water partition coefficient (Wildman–Crippen LogP) is 4.86. The molecule has 21 heavy (non-hydrogen) atoms. The smallest absolute Gasteiger partial charge is 0.122 e. The molecule has 2 saturated carbocycles. The van der Waals surface area contributed by atoms with Crippen molar-refractivity contribution in [2.45, 2.75) is 75.7 Å². The summed E-state index contributed by atoms with van der Waals surface area (Å²) in [5.74, 6) is 1.73. The molecular weight excluding hydrogens is 258 g/mol. The van der Waals surface area contributed by atoms with Gasteiger partial charge >= 0.3 is 0 Å². The minimum atomic E-state index is -0.103. The van der Waals surface area contributed by atoms with Gasteiger partial charge < -0.3 is 10.5 Å². The van der Waals surface area contributed by atoms with Crippen molar-refractivity contribution in [3.8, 4) is 5.75 Å². The van der Waals surface area contributed by atoms with Crippen LogP contribution in [0.5, 0.6) is 5.75 Å². The van der Waals surface area contributed by atoms with Crippen molar-refractivity contribution in [3.63, 3.8) is 0 Å². The van der Waals surface area contributed by atoms with Crippen LogP contribution >= 0.6 is 0 Å². The molecule has 0 amide bonds. The van der Waals surface area contributed by atoms with Crippen LogP contribution in [0.2, 0.25) is 0 Å². The molecule has 2 N–H and O–H groups in total. The third-order valence-electron chi connectivity index (χ3n) is 5.60. The van der Waals surface area contributed by atoms with E-state index in [4.69, 9.17) is 10.5 Å². The first-order chi connectivity index (χ1) is 10.2. The molecule has 0 aliphatic heterocycles. The molecule has 1 aromatic rings. The molecule has 116 valence electrons. The maximum atomic E-state index is 6.73. The van der Waals surface area contributed by atoms with Gasteiger partial charge in [0, 0.05) is 5.54 Å². The van der Waals surface area contributed by atoms with E-state index in [1.54, 1.807) is 7.11 Å². The number of nitrogens with two attached hydrogens (primary N) is 1. The molecule has 0 atom stereocenters. The fourth-order valence-electron chi connectivity index (χ4n) is 4.25. The van der Waals surface area contributed by atoms with Gasteiger partial charge in [-0.1, -0.05) is 44.6 Å². The summed E-state index contributed by atoms with van der Waals surface area (Å²) in [6.45, 7) is 0. The number of hydrogen-bond acceptors (Lipinski definition) is 2. The van der Waals surface area contributed by atoms with Crippen molar-refractivity contribution in [3.05, 3.63) is 29.3 Å². The summed E-state index contributed by atoms with van der Waals surface area (Å²) in [7, 11) is 1.79. The van der Waals surface area contributed by atoms with Crippen molar-refractivity contribution >= 4 is 0 Å². The Bertz CT molecular complexity index is 470. The van der Waals surface area contributed by atoms with Gasteiger partial charge in [0.1, 0.15) is 5.75 Å². The molecule has 2 heteroatoms. The second-order valence-electron chi connectivity index (χ2n) is 7.01. The lowest BCUT2D eigenvalue weighted by molar-refractivity contribution is 0.301. The van der Waals surface area contributed by atoms with Gasteiger partial charge in [-0.2, -0.15) is 0 Å². The second kappa shape index (κ2) is 6.39. The van der Waals surface area contributed by atoms with Crippen LogP contribution in [0.15, 0.2) is 18.2 Å². The summed E-state index contributed by atoms with van der Waals surface area (Å²) in [6, 6.07) is 6.74. The Morgan fingerprint density at radius 1 is 1.00 bits per heavy atom. The van der Waals surface area contributed by atoms with E-state index in [9.17, 15) is 0 Å². The molecule has 2 nitrogen and oxygen atoms in total. The molecule has 1 aromatic carbocycles. The minimum Gasteiger partial charge on any atom is -0.496 e. The van der Waals surface area contributed by atoms with Crippen molar-refractivity contribution < 1.29 is 4.74 Å². The lowest BCUT2D eigenvalue weighted by Crippen LogP contribution is -2.38. The highest BCUT2D eigenvalue weighted by atomic mass is 16.5. The van der Waals surface area contributed by atoms with E-state index in [1.165, 1.54) is 62.5 Å². The normalized spacial score (nSPS) is 23.0. The zero-order chi connectivity index (χ0) is 14.7. The first-order valence-electron chi connectivity index (χ1n) is 8.70. The topological polar surface area (TPSA) is 35.2 Å². The second-order valence-corrected chi connectivity index (χ2v) is 7.01. The fraction of sp³-hybridized carbons (Fsp3) is 0.684. The monoisotopic (exact) mass is 287 g/mol. The highest BCUT2D eigenvalue weighted by Crippen LogP contribution is 2.41. The van der Waals surface area contributed by atoms with Gasteiger partial charge in [-0.05, 0) is 54.9 Å². The molecule has 0 spiro atoms. The van der Waals surface area contributed by atoms with E-state index in [1.807, 2.05) is 0 Å². The maximum Gasteiger partial charge on any atom is 0.122 e. The van der Waals surface area contributed by atoms with Crippen molar-refractivity contribution in [1.82, 2.24) is 0 Å². The molecular formula is C19H29NO. The maximum absolute atomic E-state index is 6.73. The van der Waals surface area contributed by atoms with Crippen molar-refractivity contribution in [1.29, 1.82) is 0 Å². The van der Waals surface area contributed by atoms with Crippen LogP contribution < -0.4 is 10.5 Å². The number of benzene rings is 1. The van der Waals surface area contributed by atoms with E-state index in [0.29, 0.717) is 5.92 Å². The number of ether oxygens (including phenoxy) is 1. The Morgan fingerprint density at radius 2 is 1.67 bits per heavy atom. The lowest BCUT2D eigenvalue weighted by Gasteiger charge is -2.35. The molecule has 3 rings (SSSR count). The van der Waals surface area contributed by atoms with Gasteiger partial charge in [0.15, 0.2) is 0 Å². The number of methoxy groups -OCH3 is 1. The Labute approximate surface area is 129 Å². The molecule has 0 heterocycles. The first-order valence-corrected chi connectivity index (χ1v) is 8.70. The minimum absolute atomic E-state index is 0.103. The molecule has 0 bridgehead atoms. The summed E-state index contributed by atoms with van der Waals surface area (Å²) in [5.41, 5.74) is 9.37. The van der Waals surface area contributed by atoms with Crippen LogP contribution in [-0.2, 0) is 5.54 Å². The molecule has 2 fully saturated rings. The van der Waals surface area contributed by atoms with Gasteiger partial charge in [-0.25, -0.2) is 0 Å². The standard InChI is InChI=1S/C19H29NO/c1-21-18-11-10-16(19(20)12-6-3-7-13-19)14-17(18)15-8-4-2-5-9-15/h10-11,14-15H,2-9,12-13,20H2,1H3. The highest BCUT2D eigenvalue weighted by molar-refractivity contribution is 5.42. The first kappa shape index (κ1) is 14.9. The Hall–Kier alpha value is -1.02. The van der Waals surface area contributed by atoms with Gasteiger partial charge in [-0.15, -0.1) is 0 Å². The Morgan fingerprint density at radius 3 is 2.33 bits per heavy atom. The summed E-state index contributed by atoms with van der Waals surface area (Å²) < 4.78 is 5.63. The van der Waals surface area contributed by atoms with E-state index in [2.05, 4.69) is 18.2 Å². The van der Waals surface area contributed by atoms with E-state index in [0.717, 1.165) is 18.6 Å². The summed E-state index contributed by atoms with van der Waals surface area (Å²) in [5, 5.41) is 0. The fourth-order valence-corrected chi connectivity index (χ4v) is 4.25. The molecule has 0 unspecified atom stereocenters. The Kier molecular flexibility index (Phi) is 4.54. The number of rotatable bonds is 3. The van der Waals surface area contributed by atoms with E-state index >= 15 is 0 Å². The molecule has 2 aliphatic rings. The zero-order valence-corrected chi connectivity index (χ0v) is 13.4. The van der Waals surface area contributed by atoms with Gasteiger partial charge in [0.05, 0.1) is 7.11 Å². The highest BCUT2D eigenvalue weighted by Gasteiger charge is 2.31. The van der Waals surface area contributed by atoms with Crippen LogP contribution in [0, 0.1) is 0 Å². The summed E-state index contributed by atoms with van der Waals surface area (Å²) >= 11 is 0. The Balaban J connectivity index is 1.92. The lowest BCUT2D eigenvalue weighted by atomic mass is 9.75. The van der Waals surface area contributed by atoms with Crippen LogP contribution in [0.3, 0.4) is 0 Å². The van der Waals surface area contributed by atoms with E-state index < -0.39 is 0 Å². The van der Waals surface area contributed by atoms with Crippen LogP contribution in [-0.4, -0.2) is 7.11 Å². The third-order valence-corrected chi connectivity index (χ3v) is 5.60. The van der Waals surface area contributed by atoms with E-state index in [-0.39, 0.29) is 5.54 Å². The molecule has 0 aromatic heterocycles. The average Bonchev–Trinajstić information content (AvgIpc) is 2.56. The van der Waals surface area contributed by atoms with Gasteiger partial charge in [-0.3, -0.25) is 0 Å². The summed E-state index contributed by atoms with van der Waals surface area (Å²) in [6.07, 6.45) is 12.8. The average molecular weight is 287 g/mol. The predicted molar refractivity (Wildman–Crippen MR) is 87.8 cm³/mol. The third kappa shape index (κ3) is 3.11. The van der Waals surface area contributed by atoms with Gasteiger partial charge in [0.25, 0.3) is 0 Å². The largest absolute Gasteiger partial charge is 0.496 e. The van der Waals surface area contributed by atoms with Crippen LogP contribution in [0.1, 0.15) is 81.3 Å². The van der Waals surface area contributed by atoms with Gasteiger partial charge in [0.2, 0.25) is 0 Å². The number of hydrogen-bond donors (Lipinski definition) is 1. The summed E-state index contributed by atoms with van der Waals surface area (Å²) in [4.78, 5) is 0. The van der Waals surface area contributed by atoms with Crippen molar-refractivity contribution in [2.24, 2.45) is 5.73 Å². The SMILES string of the molecule is COc1ccc(C2(N)CCCCC2)cc1C1CCCCC1. The van der Waals surface area contributed by atoms with Crippen LogP contribution in [0.4, 0.5) is 0 Å². The molecule has 0 saturated heterocycles. The van der Waals surface area contributed by atoms with Crippen LogP contribution in [0.25, 0.3) is 0 Å². The quantitative estimate of drug-likeness (QED) is 0.861.